The Bertz CT molecular complexity index is 541. The van der Waals surface area contributed by atoms with Crippen molar-refractivity contribution in [1.29, 1.82) is 0 Å². The molecule has 0 fully saturated rings. The number of anilines is 1. The van der Waals surface area contributed by atoms with E-state index in [9.17, 15) is 13.2 Å². The smallest absolute Gasteiger partial charge is 0.221 e. The summed E-state index contributed by atoms with van der Waals surface area (Å²) >= 11 is 0. The molecule has 0 saturated heterocycles. The minimum atomic E-state index is -3.25. The minimum absolute atomic E-state index is 0.114. The fourth-order valence-corrected chi connectivity index (χ4v) is 3.08. The summed E-state index contributed by atoms with van der Waals surface area (Å²) in [6.45, 7) is 5.03. The van der Waals surface area contributed by atoms with Crippen LogP contribution in [0.1, 0.15) is 38.8 Å². The van der Waals surface area contributed by atoms with Crippen LogP contribution in [0.25, 0.3) is 0 Å². The maximum absolute atomic E-state index is 11.7. The van der Waals surface area contributed by atoms with Gasteiger partial charge in [0.2, 0.25) is 15.9 Å². The molecule has 5 nitrogen and oxygen atoms in total. The predicted octanol–water partition coefficient (Wildman–Crippen LogP) is 2.04. The normalized spacial score (nSPS) is 13.0. The lowest BCUT2D eigenvalue weighted by Crippen LogP contribution is -2.29. The van der Waals surface area contributed by atoms with Crippen LogP contribution in [0, 0.1) is 0 Å². The van der Waals surface area contributed by atoms with Gasteiger partial charge >= 0.3 is 0 Å². The summed E-state index contributed by atoms with van der Waals surface area (Å²) in [6, 6.07) is 6.80. The number of amides is 1. The van der Waals surface area contributed by atoms with E-state index in [2.05, 4.69) is 10.0 Å². The Kier molecular flexibility index (Phi) is 5.50. The third-order valence-corrected chi connectivity index (χ3v) is 4.19. The number of hydrogen-bond donors (Lipinski definition) is 2. The molecule has 0 bridgehead atoms. The predicted molar refractivity (Wildman–Crippen MR) is 76.4 cm³/mol. The lowest BCUT2D eigenvalue weighted by atomic mass is 10.1. The molecule has 0 saturated carbocycles. The lowest BCUT2D eigenvalue weighted by molar-refractivity contribution is -0.114. The largest absolute Gasteiger partial charge is 0.326 e. The van der Waals surface area contributed by atoms with E-state index in [4.69, 9.17) is 0 Å². The number of hydrogen-bond acceptors (Lipinski definition) is 3. The first-order valence-electron chi connectivity index (χ1n) is 6.21. The molecule has 1 atom stereocenters. The third kappa shape index (κ3) is 5.40. The van der Waals surface area contributed by atoms with Gasteiger partial charge in [-0.3, -0.25) is 4.79 Å². The van der Waals surface area contributed by atoms with Gasteiger partial charge in [-0.1, -0.05) is 19.1 Å². The molecule has 0 heterocycles. The summed E-state index contributed by atoms with van der Waals surface area (Å²) in [7, 11) is -3.25. The molecule has 0 aliphatic heterocycles. The monoisotopic (exact) mass is 284 g/mol. The van der Waals surface area contributed by atoms with Gasteiger partial charge in [0.25, 0.3) is 0 Å². The molecule has 1 aromatic rings. The van der Waals surface area contributed by atoms with Crippen molar-refractivity contribution in [2.45, 2.75) is 33.2 Å². The highest BCUT2D eigenvalue weighted by Gasteiger charge is 2.15. The van der Waals surface area contributed by atoms with Crippen molar-refractivity contribution >= 4 is 21.6 Å². The van der Waals surface area contributed by atoms with Gasteiger partial charge in [-0.25, -0.2) is 13.1 Å². The Morgan fingerprint density at radius 3 is 2.63 bits per heavy atom. The molecular weight excluding hydrogens is 264 g/mol. The first-order chi connectivity index (χ1) is 8.84. The lowest BCUT2D eigenvalue weighted by Gasteiger charge is -2.15. The standard InChI is InChI=1S/C13H20N2O3S/c1-4-8-19(17,18)15-10(2)12-6-5-7-13(9-12)14-11(3)16/h5-7,9-10,15H,4,8H2,1-3H3,(H,14,16). The first-order valence-corrected chi connectivity index (χ1v) is 7.87. The van der Waals surface area contributed by atoms with E-state index in [-0.39, 0.29) is 17.7 Å². The second-order valence-corrected chi connectivity index (χ2v) is 6.34. The van der Waals surface area contributed by atoms with Gasteiger partial charge in [0.05, 0.1) is 5.75 Å². The quantitative estimate of drug-likeness (QED) is 0.839. The summed E-state index contributed by atoms with van der Waals surface area (Å²) < 4.78 is 26.0. The molecule has 0 aromatic heterocycles. The van der Waals surface area contributed by atoms with Gasteiger partial charge in [-0.2, -0.15) is 0 Å². The minimum Gasteiger partial charge on any atom is -0.326 e. The molecular formula is C13H20N2O3S. The number of carbonyl (C=O) groups is 1. The Labute approximate surface area is 114 Å². The molecule has 106 valence electrons. The highest BCUT2D eigenvalue weighted by molar-refractivity contribution is 7.89. The fraction of sp³-hybridized carbons (Fsp3) is 0.462. The highest BCUT2D eigenvalue weighted by Crippen LogP contribution is 2.18. The van der Waals surface area contributed by atoms with Crippen LogP contribution in [0.2, 0.25) is 0 Å². The topological polar surface area (TPSA) is 75.3 Å². The van der Waals surface area contributed by atoms with Crippen LogP contribution < -0.4 is 10.0 Å². The number of rotatable bonds is 6. The molecule has 0 radical (unpaired) electrons. The summed E-state index contributed by atoms with van der Waals surface area (Å²) in [4.78, 5) is 11.0. The van der Waals surface area contributed by atoms with Crippen LogP contribution in [0.4, 0.5) is 5.69 Å². The molecule has 1 amide bonds. The number of benzene rings is 1. The summed E-state index contributed by atoms with van der Waals surface area (Å²) in [5.41, 5.74) is 1.47. The average Bonchev–Trinajstić information content (AvgIpc) is 2.27. The Morgan fingerprint density at radius 1 is 1.37 bits per heavy atom. The van der Waals surface area contributed by atoms with Gasteiger partial charge in [-0.05, 0) is 31.0 Å². The molecule has 0 spiro atoms. The van der Waals surface area contributed by atoms with Crippen molar-refractivity contribution in [3.8, 4) is 0 Å². The molecule has 19 heavy (non-hydrogen) atoms. The fourth-order valence-electron chi connectivity index (χ4n) is 1.75. The summed E-state index contributed by atoms with van der Waals surface area (Å²) in [6.07, 6.45) is 0.577. The molecule has 1 aromatic carbocycles. The molecule has 6 heteroatoms. The van der Waals surface area contributed by atoms with Crippen molar-refractivity contribution in [3.63, 3.8) is 0 Å². The van der Waals surface area contributed by atoms with Crippen LogP contribution in [0.15, 0.2) is 24.3 Å². The summed E-state index contributed by atoms with van der Waals surface area (Å²) in [5.74, 6) is -0.0423. The van der Waals surface area contributed by atoms with Gasteiger partial charge in [0, 0.05) is 18.7 Å². The van der Waals surface area contributed by atoms with E-state index < -0.39 is 10.0 Å². The van der Waals surface area contributed by atoms with E-state index >= 15 is 0 Å². The van der Waals surface area contributed by atoms with E-state index in [0.717, 1.165) is 5.56 Å². The Hall–Kier alpha value is -1.40. The molecule has 2 N–H and O–H groups in total. The van der Waals surface area contributed by atoms with Crippen molar-refractivity contribution in [2.24, 2.45) is 0 Å². The maximum Gasteiger partial charge on any atom is 0.221 e. The second kappa shape index (κ2) is 6.68. The Balaban J connectivity index is 2.82. The molecule has 0 aliphatic carbocycles. The average molecular weight is 284 g/mol. The van der Waals surface area contributed by atoms with Crippen molar-refractivity contribution in [3.05, 3.63) is 29.8 Å². The number of carbonyl (C=O) groups excluding carboxylic acids is 1. The van der Waals surface area contributed by atoms with Gasteiger partial charge < -0.3 is 5.32 Å². The SMILES string of the molecule is CCCS(=O)(=O)NC(C)c1cccc(NC(C)=O)c1. The number of sulfonamides is 1. The van der Waals surface area contributed by atoms with E-state index in [0.29, 0.717) is 12.1 Å². The van der Waals surface area contributed by atoms with Crippen LogP contribution in [-0.2, 0) is 14.8 Å². The van der Waals surface area contributed by atoms with Gasteiger partial charge in [0.1, 0.15) is 0 Å². The molecule has 1 rings (SSSR count). The van der Waals surface area contributed by atoms with E-state index in [1.165, 1.54) is 6.92 Å². The van der Waals surface area contributed by atoms with Gasteiger partial charge in [-0.15, -0.1) is 0 Å². The highest BCUT2D eigenvalue weighted by atomic mass is 32.2. The van der Waals surface area contributed by atoms with Crippen LogP contribution in [0.3, 0.4) is 0 Å². The van der Waals surface area contributed by atoms with Crippen LogP contribution in [0.5, 0.6) is 0 Å². The number of nitrogens with one attached hydrogen (secondary N) is 2. The zero-order chi connectivity index (χ0) is 14.5. The van der Waals surface area contributed by atoms with Crippen molar-refractivity contribution in [1.82, 2.24) is 4.72 Å². The van der Waals surface area contributed by atoms with Crippen LogP contribution in [-0.4, -0.2) is 20.1 Å². The zero-order valence-electron chi connectivity index (χ0n) is 11.4. The zero-order valence-corrected chi connectivity index (χ0v) is 12.3. The van der Waals surface area contributed by atoms with E-state index in [1.54, 1.807) is 25.1 Å². The van der Waals surface area contributed by atoms with E-state index in [1.807, 2.05) is 13.0 Å². The second-order valence-electron chi connectivity index (χ2n) is 4.47. The first kappa shape index (κ1) is 15.7. The maximum atomic E-state index is 11.7. The van der Waals surface area contributed by atoms with Crippen molar-refractivity contribution < 1.29 is 13.2 Å². The molecule has 1 unspecified atom stereocenters. The van der Waals surface area contributed by atoms with Crippen LogP contribution >= 0.6 is 0 Å². The molecule has 0 aliphatic rings. The summed E-state index contributed by atoms with van der Waals surface area (Å²) in [5, 5.41) is 2.67. The van der Waals surface area contributed by atoms with Crippen molar-refractivity contribution in [2.75, 3.05) is 11.1 Å². The van der Waals surface area contributed by atoms with Gasteiger partial charge in [0.15, 0.2) is 0 Å². The Morgan fingerprint density at radius 2 is 2.05 bits per heavy atom. The third-order valence-electron chi connectivity index (χ3n) is 2.54.